The molecule has 2 aromatic heterocycles. The lowest BCUT2D eigenvalue weighted by Crippen LogP contribution is -2.13. The molecule has 0 unspecified atom stereocenters. The van der Waals surface area contributed by atoms with Gasteiger partial charge < -0.3 is 4.74 Å². The van der Waals surface area contributed by atoms with Gasteiger partial charge in [0.2, 0.25) is 0 Å². The van der Waals surface area contributed by atoms with E-state index in [2.05, 4.69) is 19.9 Å². The molecule has 0 bridgehead atoms. The number of nitrogens with one attached hydrogen (secondary N) is 2. The van der Waals surface area contributed by atoms with Crippen LogP contribution >= 0.6 is 0 Å². The number of halogens is 1. The Balaban J connectivity index is 1.38. The Morgan fingerprint density at radius 1 is 0.967 bits per heavy atom. The largest absolute Gasteiger partial charge is 0.487 e. The van der Waals surface area contributed by atoms with Gasteiger partial charge in [-0.1, -0.05) is 12.1 Å². The third-order valence-electron chi connectivity index (χ3n) is 4.25. The summed E-state index contributed by atoms with van der Waals surface area (Å²) in [6.45, 7) is 0.261. The van der Waals surface area contributed by atoms with Crippen LogP contribution in [-0.2, 0) is 16.6 Å². The summed E-state index contributed by atoms with van der Waals surface area (Å²) < 4.78 is 46.0. The van der Waals surface area contributed by atoms with Gasteiger partial charge in [0.25, 0.3) is 10.0 Å². The zero-order chi connectivity index (χ0) is 21.0. The van der Waals surface area contributed by atoms with Crippen molar-refractivity contribution in [1.82, 2.24) is 15.2 Å². The molecule has 0 aliphatic heterocycles. The molecule has 0 aliphatic rings. The van der Waals surface area contributed by atoms with Gasteiger partial charge in [-0.25, -0.2) is 12.8 Å². The molecule has 0 amide bonds. The molecule has 0 spiro atoms. The number of nitrogens with zero attached hydrogens (tertiary/aromatic N) is 2. The molecule has 2 aromatic carbocycles. The van der Waals surface area contributed by atoms with Crippen molar-refractivity contribution >= 4 is 15.7 Å². The predicted octanol–water partition coefficient (Wildman–Crippen LogP) is 3.99. The number of hydrogen-bond donors (Lipinski definition) is 2. The highest BCUT2D eigenvalue weighted by molar-refractivity contribution is 7.92. The van der Waals surface area contributed by atoms with Gasteiger partial charge >= 0.3 is 0 Å². The number of ether oxygens (including phenoxy) is 1. The Hall–Kier alpha value is -3.72. The van der Waals surface area contributed by atoms with Gasteiger partial charge in [0.1, 0.15) is 18.2 Å². The number of aromatic nitrogens is 3. The summed E-state index contributed by atoms with van der Waals surface area (Å²) in [5, 5.41) is 6.73. The summed E-state index contributed by atoms with van der Waals surface area (Å²) in [6, 6.07) is 16.9. The SMILES string of the molecule is O=S(=O)(Nc1ccc(F)cc1)c1ccc(COc2ccc(-c3ccn[nH]3)nc2)cc1. The molecule has 2 heterocycles. The van der Waals surface area contributed by atoms with E-state index in [-0.39, 0.29) is 17.2 Å². The normalized spacial score (nSPS) is 11.2. The van der Waals surface area contributed by atoms with E-state index in [0.717, 1.165) is 17.0 Å². The average Bonchev–Trinajstić information content (AvgIpc) is 3.29. The van der Waals surface area contributed by atoms with Crippen molar-refractivity contribution in [1.29, 1.82) is 0 Å². The van der Waals surface area contributed by atoms with Crippen LogP contribution in [0.5, 0.6) is 5.75 Å². The second-order valence-corrected chi connectivity index (χ2v) is 8.08. The molecule has 0 atom stereocenters. The quantitative estimate of drug-likeness (QED) is 0.468. The maximum atomic E-state index is 13.0. The van der Waals surface area contributed by atoms with Crippen LogP contribution in [0.25, 0.3) is 11.4 Å². The van der Waals surface area contributed by atoms with Crippen molar-refractivity contribution in [2.45, 2.75) is 11.5 Å². The van der Waals surface area contributed by atoms with Crippen molar-refractivity contribution in [2.75, 3.05) is 4.72 Å². The molecule has 7 nitrogen and oxygen atoms in total. The maximum absolute atomic E-state index is 13.0. The fraction of sp³-hybridized carbons (Fsp3) is 0.0476. The molecule has 4 aromatic rings. The number of benzene rings is 2. The highest BCUT2D eigenvalue weighted by Crippen LogP contribution is 2.20. The van der Waals surface area contributed by atoms with Crippen LogP contribution < -0.4 is 9.46 Å². The van der Waals surface area contributed by atoms with Gasteiger partial charge in [0, 0.05) is 11.9 Å². The summed E-state index contributed by atoms with van der Waals surface area (Å²) in [7, 11) is -3.77. The number of pyridine rings is 1. The lowest BCUT2D eigenvalue weighted by Gasteiger charge is -2.10. The molecule has 4 rings (SSSR count). The third-order valence-corrected chi connectivity index (χ3v) is 5.65. The average molecular weight is 424 g/mol. The number of hydrogen-bond acceptors (Lipinski definition) is 5. The van der Waals surface area contributed by atoms with E-state index in [1.807, 2.05) is 12.1 Å². The molecule has 9 heteroatoms. The monoisotopic (exact) mass is 424 g/mol. The number of aromatic amines is 1. The fourth-order valence-corrected chi connectivity index (χ4v) is 3.75. The maximum Gasteiger partial charge on any atom is 0.261 e. The molecular formula is C21H17FN4O3S. The summed E-state index contributed by atoms with van der Waals surface area (Å²) in [6.07, 6.45) is 3.27. The van der Waals surface area contributed by atoms with Crippen LogP contribution in [0.1, 0.15) is 5.56 Å². The highest BCUT2D eigenvalue weighted by atomic mass is 32.2. The Kier molecular flexibility index (Phi) is 5.44. The second kappa shape index (κ2) is 8.34. The van der Waals surface area contributed by atoms with Crippen LogP contribution in [0.2, 0.25) is 0 Å². The van der Waals surface area contributed by atoms with Crippen molar-refractivity contribution in [3.05, 3.63) is 90.5 Å². The minimum Gasteiger partial charge on any atom is -0.487 e. The summed E-state index contributed by atoms with van der Waals surface area (Å²) >= 11 is 0. The van der Waals surface area contributed by atoms with E-state index in [0.29, 0.717) is 5.75 Å². The standard InChI is InChI=1S/C21H17FN4O3S/c22-16-3-5-17(6-4-16)26-30(27,28)19-8-1-15(2-9-19)14-29-18-7-10-20(23-13-18)21-11-12-24-25-21/h1-13,26H,14H2,(H,24,25). The van der Waals surface area contributed by atoms with Gasteiger partial charge in [0.15, 0.2) is 0 Å². The topological polar surface area (TPSA) is 97.0 Å². The van der Waals surface area contributed by atoms with Crippen LogP contribution in [0.4, 0.5) is 10.1 Å². The molecule has 0 radical (unpaired) electrons. The van der Waals surface area contributed by atoms with Crippen LogP contribution in [0.3, 0.4) is 0 Å². The lowest BCUT2D eigenvalue weighted by molar-refractivity contribution is 0.305. The molecule has 30 heavy (non-hydrogen) atoms. The summed E-state index contributed by atoms with van der Waals surface area (Å²) in [5.74, 6) is 0.154. The predicted molar refractivity (Wildman–Crippen MR) is 110 cm³/mol. The molecular weight excluding hydrogens is 407 g/mol. The Bertz CT molecular complexity index is 1210. The zero-order valence-electron chi connectivity index (χ0n) is 15.6. The Morgan fingerprint density at radius 2 is 1.73 bits per heavy atom. The number of H-pyrrole nitrogens is 1. The van der Waals surface area contributed by atoms with Crippen molar-refractivity contribution in [3.8, 4) is 17.1 Å². The van der Waals surface area contributed by atoms with Gasteiger partial charge in [-0.15, -0.1) is 0 Å². The minimum absolute atomic E-state index is 0.0983. The van der Waals surface area contributed by atoms with E-state index in [4.69, 9.17) is 4.74 Å². The number of anilines is 1. The van der Waals surface area contributed by atoms with Crippen LogP contribution in [0, 0.1) is 5.82 Å². The smallest absolute Gasteiger partial charge is 0.261 e. The van der Waals surface area contributed by atoms with Crippen molar-refractivity contribution in [2.24, 2.45) is 0 Å². The van der Waals surface area contributed by atoms with E-state index >= 15 is 0 Å². The molecule has 2 N–H and O–H groups in total. The van der Waals surface area contributed by atoms with E-state index in [1.165, 1.54) is 36.4 Å². The summed E-state index contributed by atoms with van der Waals surface area (Å²) in [4.78, 5) is 4.42. The number of rotatable bonds is 7. The minimum atomic E-state index is -3.77. The zero-order valence-corrected chi connectivity index (χ0v) is 16.4. The first-order valence-electron chi connectivity index (χ1n) is 8.95. The first-order chi connectivity index (χ1) is 14.5. The van der Waals surface area contributed by atoms with Crippen LogP contribution in [-0.4, -0.2) is 23.6 Å². The first kappa shape index (κ1) is 19.6. The lowest BCUT2D eigenvalue weighted by atomic mass is 10.2. The Morgan fingerprint density at radius 3 is 2.37 bits per heavy atom. The molecule has 152 valence electrons. The molecule has 0 fully saturated rings. The fourth-order valence-electron chi connectivity index (χ4n) is 2.69. The van der Waals surface area contributed by atoms with Crippen molar-refractivity contribution in [3.63, 3.8) is 0 Å². The van der Waals surface area contributed by atoms with E-state index < -0.39 is 15.8 Å². The number of sulfonamides is 1. The summed E-state index contributed by atoms with van der Waals surface area (Å²) in [5.41, 5.74) is 2.65. The van der Waals surface area contributed by atoms with Gasteiger partial charge in [-0.3, -0.25) is 14.8 Å². The van der Waals surface area contributed by atoms with Gasteiger partial charge in [-0.05, 0) is 60.2 Å². The van der Waals surface area contributed by atoms with E-state index in [9.17, 15) is 12.8 Å². The van der Waals surface area contributed by atoms with Crippen LogP contribution in [0.15, 0.2) is 84.0 Å². The molecule has 0 aliphatic carbocycles. The molecule has 0 saturated heterocycles. The first-order valence-corrected chi connectivity index (χ1v) is 10.4. The van der Waals surface area contributed by atoms with Gasteiger partial charge in [0.05, 0.1) is 22.5 Å². The highest BCUT2D eigenvalue weighted by Gasteiger charge is 2.14. The van der Waals surface area contributed by atoms with Gasteiger partial charge in [-0.2, -0.15) is 5.10 Å². The third kappa shape index (κ3) is 4.64. The van der Waals surface area contributed by atoms with Crippen molar-refractivity contribution < 1.29 is 17.5 Å². The molecule has 0 saturated carbocycles. The Labute approximate surface area is 172 Å². The second-order valence-electron chi connectivity index (χ2n) is 6.39. The van der Waals surface area contributed by atoms with E-state index in [1.54, 1.807) is 30.6 Å².